The average Bonchev–Trinajstić information content (AvgIpc) is 3.23. The summed E-state index contributed by atoms with van der Waals surface area (Å²) in [7, 11) is 0. The molecule has 0 atom stereocenters. The van der Waals surface area contributed by atoms with Crippen molar-refractivity contribution in [1.29, 1.82) is 0 Å². The normalized spacial score (nSPS) is 12.6. The van der Waals surface area contributed by atoms with Gasteiger partial charge in [-0.15, -0.1) is 0 Å². The van der Waals surface area contributed by atoms with Gasteiger partial charge in [-0.25, -0.2) is 19.3 Å². The van der Waals surface area contributed by atoms with Crippen LogP contribution in [-0.4, -0.2) is 24.1 Å². The molecule has 0 aliphatic heterocycles. The van der Waals surface area contributed by atoms with Gasteiger partial charge in [0.25, 0.3) is 0 Å². The van der Waals surface area contributed by atoms with Crippen LogP contribution < -0.4 is 5.73 Å². The largest absolute Gasteiger partial charge is 0.369 e. The standard InChI is InChI=1S/C24H29FN6/c1-23(2,3)14-31-20-17(28-22(31)26)11-12-19(29-20)30-13-18(27-21(30)24(4,5)6)15-7-9-16(25)10-8-15/h7-13H,14H2,1-6H3,(H2,26,28). The first kappa shape index (κ1) is 21.0. The molecular formula is C24H29FN6. The molecule has 4 aromatic rings. The minimum absolute atomic E-state index is 0.0285. The lowest BCUT2D eigenvalue weighted by molar-refractivity contribution is 0.350. The van der Waals surface area contributed by atoms with Gasteiger partial charge in [-0.05, 0) is 41.8 Å². The molecule has 4 rings (SSSR count). The Labute approximate surface area is 182 Å². The average molecular weight is 421 g/mol. The zero-order valence-corrected chi connectivity index (χ0v) is 18.9. The summed E-state index contributed by atoms with van der Waals surface area (Å²) in [5.41, 5.74) is 9.15. The van der Waals surface area contributed by atoms with Crippen LogP contribution in [0.1, 0.15) is 47.4 Å². The van der Waals surface area contributed by atoms with Gasteiger partial charge in [0, 0.05) is 23.7 Å². The third-order valence-electron chi connectivity index (χ3n) is 5.00. The van der Waals surface area contributed by atoms with E-state index in [4.69, 9.17) is 15.7 Å². The molecule has 0 aliphatic carbocycles. The summed E-state index contributed by atoms with van der Waals surface area (Å²) in [6.45, 7) is 13.5. The van der Waals surface area contributed by atoms with E-state index < -0.39 is 0 Å². The second-order valence-electron chi connectivity index (χ2n) is 10.2. The van der Waals surface area contributed by atoms with Crippen molar-refractivity contribution >= 4 is 17.1 Å². The number of rotatable bonds is 3. The third kappa shape index (κ3) is 4.17. The van der Waals surface area contributed by atoms with Gasteiger partial charge in [0.05, 0.1) is 5.69 Å². The number of nitrogen functional groups attached to an aromatic ring is 1. The van der Waals surface area contributed by atoms with Crippen LogP contribution in [0.5, 0.6) is 0 Å². The molecule has 3 heterocycles. The van der Waals surface area contributed by atoms with E-state index in [1.54, 1.807) is 12.1 Å². The van der Waals surface area contributed by atoms with E-state index in [-0.39, 0.29) is 16.6 Å². The molecule has 3 aromatic heterocycles. The molecule has 0 unspecified atom stereocenters. The number of pyridine rings is 1. The Balaban J connectivity index is 1.88. The van der Waals surface area contributed by atoms with Gasteiger partial charge in [-0.1, -0.05) is 41.5 Å². The van der Waals surface area contributed by atoms with Crippen LogP contribution in [0.2, 0.25) is 0 Å². The first-order chi connectivity index (χ1) is 14.4. The smallest absolute Gasteiger partial charge is 0.202 e. The number of benzene rings is 1. The topological polar surface area (TPSA) is 74.6 Å². The maximum atomic E-state index is 13.4. The van der Waals surface area contributed by atoms with E-state index in [1.807, 2.05) is 27.5 Å². The summed E-state index contributed by atoms with van der Waals surface area (Å²) < 4.78 is 17.4. The molecular weight excluding hydrogens is 391 g/mol. The fraction of sp³-hybridized carbons (Fsp3) is 0.375. The maximum Gasteiger partial charge on any atom is 0.202 e. The Kier molecular flexibility index (Phi) is 4.87. The molecule has 0 saturated carbocycles. The Bertz CT molecular complexity index is 1240. The molecule has 31 heavy (non-hydrogen) atoms. The van der Waals surface area contributed by atoms with Crippen LogP contribution in [-0.2, 0) is 12.0 Å². The van der Waals surface area contributed by atoms with Crippen molar-refractivity contribution in [2.45, 2.75) is 53.5 Å². The third-order valence-corrected chi connectivity index (χ3v) is 5.00. The van der Waals surface area contributed by atoms with Gasteiger partial charge in [-0.3, -0.25) is 9.13 Å². The van der Waals surface area contributed by atoms with Gasteiger partial charge in [-0.2, -0.15) is 0 Å². The van der Waals surface area contributed by atoms with Crippen molar-refractivity contribution in [3.63, 3.8) is 0 Å². The number of hydrogen-bond acceptors (Lipinski definition) is 4. The lowest BCUT2D eigenvalue weighted by Gasteiger charge is -2.21. The summed E-state index contributed by atoms with van der Waals surface area (Å²) in [5, 5.41) is 0. The predicted octanol–water partition coefficient (Wildman–Crippen LogP) is 5.35. The lowest BCUT2D eigenvalue weighted by atomic mass is 9.95. The Morgan fingerprint density at radius 3 is 2.19 bits per heavy atom. The molecule has 0 fully saturated rings. The van der Waals surface area contributed by atoms with Crippen molar-refractivity contribution < 1.29 is 4.39 Å². The molecule has 0 amide bonds. The molecule has 0 radical (unpaired) electrons. The number of nitrogens with zero attached hydrogens (tertiary/aromatic N) is 5. The Hall–Kier alpha value is -3.22. The van der Waals surface area contributed by atoms with E-state index in [0.29, 0.717) is 12.5 Å². The Morgan fingerprint density at radius 1 is 0.903 bits per heavy atom. The van der Waals surface area contributed by atoms with Crippen LogP contribution >= 0.6 is 0 Å². The summed E-state index contributed by atoms with van der Waals surface area (Å²) >= 11 is 0. The molecule has 0 aliphatic rings. The summed E-state index contributed by atoms with van der Waals surface area (Å²) in [6, 6.07) is 10.2. The number of aromatic nitrogens is 5. The van der Waals surface area contributed by atoms with E-state index in [1.165, 1.54) is 12.1 Å². The fourth-order valence-electron chi connectivity index (χ4n) is 3.62. The van der Waals surface area contributed by atoms with Crippen LogP contribution in [0.15, 0.2) is 42.6 Å². The molecule has 162 valence electrons. The number of anilines is 1. The van der Waals surface area contributed by atoms with E-state index >= 15 is 0 Å². The second-order valence-corrected chi connectivity index (χ2v) is 10.2. The van der Waals surface area contributed by atoms with Gasteiger partial charge in [0.1, 0.15) is 23.0 Å². The van der Waals surface area contributed by atoms with Crippen LogP contribution in [0, 0.1) is 11.2 Å². The van der Waals surface area contributed by atoms with Crippen LogP contribution in [0.4, 0.5) is 10.3 Å². The molecule has 7 heteroatoms. The van der Waals surface area contributed by atoms with Crippen molar-refractivity contribution in [3.8, 4) is 17.1 Å². The molecule has 2 N–H and O–H groups in total. The number of hydrogen-bond donors (Lipinski definition) is 1. The number of halogens is 1. The Morgan fingerprint density at radius 2 is 1.58 bits per heavy atom. The highest BCUT2D eigenvalue weighted by atomic mass is 19.1. The molecule has 0 saturated heterocycles. The minimum Gasteiger partial charge on any atom is -0.369 e. The highest BCUT2D eigenvalue weighted by Gasteiger charge is 2.24. The first-order valence-electron chi connectivity index (χ1n) is 10.4. The SMILES string of the molecule is CC(C)(C)Cn1c(N)nc2ccc(-n3cc(-c4ccc(F)cc4)nc3C(C)(C)C)nc21. The van der Waals surface area contributed by atoms with Crippen LogP contribution in [0.25, 0.3) is 28.2 Å². The van der Waals surface area contributed by atoms with E-state index in [2.05, 4.69) is 46.5 Å². The van der Waals surface area contributed by atoms with Crippen LogP contribution in [0.3, 0.4) is 0 Å². The molecule has 6 nitrogen and oxygen atoms in total. The highest BCUT2D eigenvalue weighted by molar-refractivity contribution is 5.75. The number of nitrogens with two attached hydrogens (primary N) is 1. The lowest BCUT2D eigenvalue weighted by Crippen LogP contribution is -2.19. The zero-order chi connectivity index (χ0) is 22.6. The van der Waals surface area contributed by atoms with Crippen molar-refractivity contribution in [3.05, 3.63) is 54.2 Å². The number of fused-ring (bicyclic) bond motifs is 1. The first-order valence-corrected chi connectivity index (χ1v) is 10.4. The fourth-order valence-corrected chi connectivity index (χ4v) is 3.62. The van der Waals surface area contributed by atoms with Crippen molar-refractivity contribution in [1.82, 2.24) is 24.1 Å². The maximum absolute atomic E-state index is 13.4. The molecule has 0 bridgehead atoms. The molecule has 0 spiro atoms. The quantitative estimate of drug-likeness (QED) is 0.485. The number of imidazole rings is 2. The summed E-state index contributed by atoms with van der Waals surface area (Å²) in [6.07, 6.45) is 1.95. The molecule has 1 aromatic carbocycles. The van der Waals surface area contributed by atoms with Gasteiger partial charge in [0.2, 0.25) is 5.95 Å². The monoisotopic (exact) mass is 420 g/mol. The van der Waals surface area contributed by atoms with Gasteiger partial charge < -0.3 is 5.73 Å². The predicted molar refractivity (Wildman–Crippen MR) is 123 cm³/mol. The van der Waals surface area contributed by atoms with E-state index in [0.717, 1.165) is 34.1 Å². The van der Waals surface area contributed by atoms with Crippen molar-refractivity contribution in [2.24, 2.45) is 5.41 Å². The van der Waals surface area contributed by atoms with Gasteiger partial charge in [0.15, 0.2) is 5.65 Å². The second kappa shape index (κ2) is 7.18. The van der Waals surface area contributed by atoms with E-state index in [9.17, 15) is 4.39 Å². The summed E-state index contributed by atoms with van der Waals surface area (Å²) in [5.74, 6) is 1.81. The highest BCUT2D eigenvalue weighted by Crippen LogP contribution is 2.30. The van der Waals surface area contributed by atoms with Gasteiger partial charge >= 0.3 is 0 Å². The minimum atomic E-state index is -0.268. The van der Waals surface area contributed by atoms with Crippen molar-refractivity contribution in [2.75, 3.05) is 5.73 Å². The zero-order valence-electron chi connectivity index (χ0n) is 18.9. The summed E-state index contributed by atoms with van der Waals surface area (Å²) in [4.78, 5) is 14.3.